The molecule has 118 valence electrons. The Bertz CT molecular complexity index is 596. The molecule has 7 heteroatoms. The normalized spacial score (nSPS) is 21.2. The summed E-state index contributed by atoms with van der Waals surface area (Å²) >= 11 is 11.9. The third-order valence-corrected chi connectivity index (χ3v) is 6.66. The van der Waals surface area contributed by atoms with Crippen molar-refractivity contribution in [3.63, 3.8) is 0 Å². The van der Waals surface area contributed by atoms with Gasteiger partial charge in [0.1, 0.15) is 4.90 Å². The quantitative estimate of drug-likeness (QED) is 0.843. The van der Waals surface area contributed by atoms with Crippen LogP contribution in [0, 0.1) is 5.92 Å². The molecule has 2 rings (SSSR count). The first-order chi connectivity index (χ1) is 9.86. The number of hydrogen-bond donors (Lipinski definition) is 1. The van der Waals surface area contributed by atoms with Gasteiger partial charge in [0.25, 0.3) is 0 Å². The summed E-state index contributed by atoms with van der Waals surface area (Å²) in [5.41, 5.74) is 5.93. The summed E-state index contributed by atoms with van der Waals surface area (Å²) in [5, 5.41) is 0.412. The van der Waals surface area contributed by atoms with Gasteiger partial charge in [-0.2, -0.15) is 4.31 Å². The zero-order valence-electron chi connectivity index (χ0n) is 12.0. The Labute approximate surface area is 136 Å². The zero-order chi connectivity index (χ0) is 15.6. The Hall–Kier alpha value is -0.490. The maximum absolute atomic E-state index is 12.8. The van der Waals surface area contributed by atoms with E-state index in [0.717, 1.165) is 25.7 Å². The lowest BCUT2D eigenvalue weighted by atomic mass is 9.98. The second kappa shape index (κ2) is 6.73. The fourth-order valence-electron chi connectivity index (χ4n) is 2.77. The van der Waals surface area contributed by atoms with Gasteiger partial charge in [0.15, 0.2) is 0 Å². The second-order valence-corrected chi connectivity index (χ2v) is 8.13. The van der Waals surface area contributed by atoms with Gasteiger partial charge >= 0.3 is 0 Å². The summed E-state index contributed by atoms with van der Waals surface area (Å²) in [5.74, 6) is 0.586. The summed E-state index contributed by atoms with van der Waals surface area (Å²) in [6.07, 6.45) is 3.88. The Morgan fingerprint density at radius 3 is 2.62 bits per heavy atom. The number of nitrogens with zero attached hydrogens (tertiary/aromatic N) is 1. The first kappa shape index (κ1) is 16.9. The van der Waals surface area contributed by atoms with E-state index in [0.29, 0.717) is 24.0 Å². The molecule has 1 aliphatic rings. The topological polar surface area (TPSA) is 63.4 Å². The van der Waals surface area contributed by atoms with Gasteiger partial charge < -0.3 is 5.73 Å². The predicted octanol–water partition coefficient (Wildman–Crippen LogP) is 3.78. The molecule has 0 bridgehead atoms. The SMILES string of the molecule is CCC1CCCN(S(=O)(=O)c2c(N)cc(Cl)cc2Cl)CC1. The van der Waals surface area contributed by atoms with Crippen LogP contribution in [0.1, 0.15) is 32.6 Å². The van der Waals surface area contributed by atoms with Crippen LogP contribution >= 0.6 is 23.2 Å². The highest BCUT2D eigenvalue weighted by Crippen LogP contribution is 2.34. The third-order valence-electron chi connectivity index (χ3n) is 4.02. The molecule has 4 nitrogen and oxygen atoms in total. The van der Waals surface area contributed by atoms with Crippen molar-refractivity contribution < 1.29 is 8.42 Å². The molecular weight excluding hydrogens is 331 g/mol. The minimum Gasteiger partial charge on any atom is -0.398 e. The smallest absolute Gasteiger partial charge is 0.246 e. The molecule has 0 saturated carbocycles. The molecule has 1 aromatic rings. The molecule has 0 spiro atoms. The number of rotatable bonds is 3. The first-order valence-corrected chi connectivity index (χ1v) is 9.30. The number of sulfonamides is 1. The number of benzene rings is 1. The summed E-state index contributed by atoms with van der Waals surface area (Å²) < 4.78 is 27.1. The van der Waals surface area contributed by atoms with Crippen molar-refractivity contribution in [2.24, 2.45) is 5.92 Å². The van der Waals surface area contributed by atoms with E-state index in [9.17, 15) is 8.42 Å². The lowest BCUT2D eigenvalue weighted by Gasteiger charge is -2.22. The van der Waals surface area contributed by atoms with Crippen LogP contribution in [0.15, 0.2) is 17.0 Å². The molecule has 0 aromatic heterocycles. The van der Waals surface area contributed by atoms with Crippen LogP contribution in [-0.4, -0.2) is 25.8 Å². The maximum Gasteiger partial charge on any atom is 0.246 e. The molecule has 2 N–H and O–H groups in total. The molecular formula is C14H20Cl2N2O2S. The lowest BCUT2D eigenvalue weighted by Crippen LogP contribution is -2.32. The van der Waals surface area contributed by atoms with Crippen LogP contribution in [0.4, 0.5) is 5.69 Å². The lowest BCUT2D eigenvalue weighted by molar-refractivity contribution is 0.408. The van der Waals surface area contributed by atoms with E-state index in [1.54, 1.807) is 0 Å². The zero-order valence-corrected chi connectivity index (χ0v) is 14.3. The standard InChI is InChI=1S/C14H20Cl2N2O2S/c1-2-10-4-3-6-18(7-5-10)21(19,20)14-12(16)8-11(15)9-13(14)17/h8-10H,2-7,17H2,1H3. The number of anilines is 1. The van der Waals surface area contributed by atoms with E-state index < -0.39 is 10.0 Å². The molecule has 0 aliphatic carbocycles. The summed E-state index contributed by atoms with van der Waals surface area (Å²) in [4.78, 5) is -0.0245. The number of hydrogen-bond acceptors (Lipinski definition) is 3. The van der Waals surface area contributed by atoms with Gasteiger partial charge in [-0.15, -0.1) is 0 Å². The minimum absolute atomic E-state index is 0.0245. The molecule has 1 fully saturated rings. The van der Waals surface area contributed by atoms with E-state index in [1.165, 1.54) is 16.4 Å². The molecule has 1 aliphatic heterocycles. The van der Waals surface area contributed by atoms with Crippen LogP contribution < -0.4 is 5.73 Å². The van der Waals surface area contributed by atoms with E-state index in [-0.39, 0.29) is 15.6 Å². The Kier molecular flexibility index (Phi) is 5.41. The highest BCUT2D eigenvalue weighted by molar-refractivity contribution is 7.89. The van der Waals surface area contributed by atoms with Gasteiger partial charge in [0.2, 0.25) is 10.0 Å². The van der Waals surface area contributed by atoms with Gasteiger partial charge in [-0.05, 0) is 37.3 Å². The Balaban J connectivity index is 2.34. The average molecular weight is 351 g/mol. The van der Waals surface area contributed by atoms with Crippen LogP contribution in [0.3, 0.4) is 0 Å². The van der Waals surface area contributed by atoms with Gasteiger partial charge in [-0.25, -0.2) is 8.42 Å². The van der Waals surface area contributed by atoms with Gasteiger partial charge in [0.05, 0.1) is 10.7 Å². The number of nitrogen functional groups attached to an aromatic ring is 1. The molecule has 1 atom stereocenters. The van der Waals surface area contributed by atoms with E-state index in [1.807, 2.05) is 0 Å². The van der Waals surface area contributed by atoms with Crippen molar-refractivity contribution >= 4 is 38.9 Å². The van der Waals surface area contributed by atoms with Crippen molar-refractivity contribution in [1.82, 2.24) is 4.31 Å². The molecule has 1 aromatic carbocycles. The highest BCUT2D eigenvalue weighted by Gasteiger charge is 2.30. The molecule has 1 unspecified atom stereocenters. The fourth-order valence-corrected chi connectivity index (χ4v) is 5.21. The molecule has 21 heavy (non-hydrogen) atoms. The fraction of sp³-hybridized carbons (Fsp3) is 0.571. The van der Waals surface area contributed by atoms with Crippen molar-refractivity contribution in [2.75, 3.05) is 18.8 Å². The van der Waals surface area contributed by atoms with Gasteiger partial charge in [0, 0.05) is 18.1 Å². The number of halogens is 2. The van der Waals surface area contributed by atoms with Crippen LogP contribution in [0.25, 0.3) is 0 Å². The molecule has 1 heterocycles. The van der Waals surface area contributed by atoms with Crippen molar-refractivity contribution in [3.05, 3.63) is 22.2 Å². The molecule has 1 saturated heterocycles. The van der Waals surface area contributed by atoms with Crippen LogP contribution in [0.2, 0.25) is 10.0 Å². The summed E-state index contributed by atoms with van der Waals surface area (Å²) in [7, 11) is -3.68. The highest BCUT2D eigenvalue weighted by atomic mass is 35.5. The maximum atomic E-state index is 12.8. The van der Waals surface area contributed by atoms with E-state index in [4.69, 9.17) is 28.9 Å². The van der Waals surface area contributed by atoms with Gasteiger partial charge in [-0.1, -0.05) is 36.5 Å². The number of nitrogens with two attached hydrogens (primary N) is 1. The Morgan fingerprint density at radius 1 is 1.29 bits per heavy atom. The van der Waals surface area contributed by atoms with E-state index >= 15 is 0 Å². The van der Waals surface area contributed by atoms with Crippen molar-refractivity contribution in [2.45, 2.75) is 37.5 Å². The van der Waals surface area contributed by atoms with Crippen LogP contribution in [0.5, 0.6) is 0 Å². The molecule has 0 radical (unpaired) electrons. The van der Waals surface area contributed by atoms with Crippen molar-refractivity contribution in [1.29, 1.82) is 0 Å². The minimum atomic E-state index is -3.68. The monoisotopic (exact) mass is 350 g/mol. The summed E-state index contributed by atoms with van der Waals surface area (Å²) in [6, 6.07) is 2.84. The molecule has 0 amide bonds. The third kappa shape index (κ3) is 3.65. The van der Waals surface area contributed by atoms with E-state index in [2.05, 4.69) is 6.92 Å². The predicted molar refractivity (Wildman–Crippen MR) is 87.3 cm³/mol. The van der Waals surface area contributed by atoms with Gasteiger partial charge in [-0.3, -0.25) is 0 Å². The average Bonchev–Trinajstić information content (AvgIpc) is 2.62. The Morgan fingerprint density at radius 2 is 2.00 bits per heavy atom. The summed E-state index contributed by atoms with van der Waals surface area (Å²) in [6.45, 7) is 3.17. The first-order valence-electron chi connectivity index (χ1n) is 7.11. The largest absolute Gasteiger partial charge is 0.398 e. The van der Waals surface area contributed by atoms with Crippen LogP contribution in [-0.2, 0) is 10.0 Å². The second-order valence-electron chi connectivity index (χ2n) is 5.42. The van der Waals surface area contributed by atoms with Crippen molar-refractivity contribution in [3.8, 4) is 0 Å².